The first-order valence-electron chi connectivity index (χ1n) is 8.74. The molecule has 0 radical (unpaired) electrons. The van der Waals surface area contributed by atoms with E-state index in [1.165, 1.54) is 12.1 Å². The highest BCUT2D eigenvalue weighted by Gasteiger charge is 2.26. The van der Waals surface area contributed by atoms with E-state index < -0.39 is 14.9 Å². The lowest BCUT2D eigenvalue weighted by molar-refractivity contribution is -0.384. The molecule has 0 aliphatic carbocycles. The third-order valence-electron chi connectivity index (χ3n) is 4.64. The van der Waals surface area contributed by atoms with Gasteiger partial charge in [-0.25, -0.2) is 8.42 Å². The van der Waals surface area contributed by atoms with Gasteiger partial charge in [-0.05, 0) is 30.8 Å². The molecule has 0 amide bonds. The van der Waals surface area contributed by atoms with Crippen LogP contribution in [0.2, 0.25) is 0 Å². The number of nitrogens with one attached hydrogen (secondary N) is 1. The number of benzene rings is 2. The lowest BCUT2D eigenvalue weighted by Crippen LogP contribution is -2.46. The van der Waals surface area contributed by atoms with Gasteiger partial charge in [-0.1, -0.05) is 25.1 Å². The number of anilines is 2. The maximum Gasteiger partial charge on any atom is 0.293 e. The Bertz CT molecular complexity index is 910. The predicted molar refractivity (Wildman–Crippen MR) is 105 cm³/mol. The van der Waals surface area contributed by atoms with Gasteiger partial charge >= 0.3 is 0 Å². The van der Waals surface area contributed by atoms with Crippen molar-refractivity contribution in [1.29, 1.82) is 0 Å². The van der Waals surface area contributed by atoms with Gasteiger partial charge in [0.2, 0.25) is 0 Å². The number of hydrogen-bond donors (Lipinski definition) is 1. The van der Waals surface area contributed by atoms with E-state index >= 15 is 0 Å². The molecule has 1 N–H and O–H groups in total. The number of hydrogen-bond acceptors (Lipinski definition) is 6. The van der Waals surface area contributed by atoms with Crippen molar-refractivity contribution in [3.05, 3.63) is 58.6 Å². The highest BCUT2D eigenvalue weighted by molar-refractivity contribution is 7.92. The molecular weight excluding hydrogens is 368 g/mol. The topological polar surface area (TPSA) is 95.8 Å². The van der Waals surface area contributed by atoms with Crippen molar-refractivity contribution >= 4 is 27.1 Å². The second kappa shape index (κ2) is 7.93. The minimum atomic E-state index is -3.91. The van der Waals surface area contributed by atoms with Gasteiger partial charge in [-0.15, -0.1) is 0 Å². The van der Waals surface area contributed by atoms with E-state index in [1.807, 2.05) is 4.90 Å². The van der Waals surface area contributed by atoms with E-state index in [0.29, 0.717) is 24.5 Å². The van der Waals surface area contributed by atoms with E-state index in [4.69, 9.17) is 0 Å². The molecular formula is C18H22N4O4S. The molecule has 0 atom stereocenters. The van der Waals surface area contributed by atoms with Crippen molar-refractivity contribution in [3.63, 3.8) is 0 Å². The second-order valence-electron chi connectivity index (χ2n) is 6.30. The largest absolute Gasteiger partial charge is 0.363 e. The average molecular weight is 390 g/mol. The molecule has 27 heavy (non-hydrogen) atoms. The predicted octanol–water partition coefficient (Wildman–Crippen LogP) is 2.54. The summed E-state index contributed by atoms with van der Waals surface area (Å²) in [5, 5.41) is 11.6. The van der Waals surface area contributed by atoms with Crippen LogP contribution in [0.3, 0.4) is 0 Å². The summed E-state index contributed by atoms with van der Waals surface area (Å²) in [6, 6.07) is 12.5. The van der Waals surface area contributed by atoms with Gasteiger partial charge in [-0.3, -0.25) is 14.8 Å². The molecule has 1 heterocycles. The molecule has 1 aliphatic heterocycles. The van der Waals surface area contributed by atoms with Crippen LogP contribution < -0.4 is 9.62 Å². The minimum absolute atomic E-state index is 0.131. The Balaban J connectivity index is 1.88. The number of nitro benzene ring substituents is 1. The Morgan fingerprint density at radius 3 is 2.33 bits per heavy atom. The normalized spacial score (nSPS) is 15.5. The Hall–Kier alpha value is -2.65. The molecule has 3 rings (SSSR count). The molecule has 1 aliphatic rings. The number of sulfonamides is 1. The van der Waals surface area contributed by atoms with Crippen molar-refractivity contribution < 1.29 is 13.3 Å². The highest BCUT2D eigenvalue weighted by atomic mass is 32.2. The fraction of sp³-hybridized carbons (Fsp3) is 0.333. The molecule has 0 unspecified atom stereocenters. The van der Waals surface area contributed by atoms with Crippen molar-refractivity contribution in [1.82, 2.24) is 4.90 Å². The number of likely N-dealkylation sites (N-methyl/N-ethyl adjacent to an activating group) is 1. The zero-order valence-corrected chi connectivity index (χ0v) is 15.9. The summed E-state index contributed by atoms with van der Waals surface area (Å²) in [7, 11) is -3.91. The molecule has 2 aromatic carbocycles. The number of rotatable bonds is 6. The maximum absolute atomic E-state index is 12.6. The number of nitrogens with zero attached hydrogens (tertiary/aromatic N) is 3. The van der Waals surface area contributed by atoms with Gasteiger partial charge < -0.3 is 9.80 Å². The van der Waals surface area contributed by atoms with Crippen LogP contribution >= 0.6 is 0 Å². The molecule has 1 saturated heterocycles. The summed E-state index contributed by atoms with van der Waals surface area (Å²) in [5.41, 5.74) is 0.658. The maximum atomic E-state index is 12.6. The van der Waals surface area contributed by atoms with Crippen LogP contribution in [0.15, 0.2) is 53.4 Å². The molecule has 1 fully saturated rings. The molecule has 9 heteroatoms. The van der Waals surface area contributed by atoms with Gasteiger partial charge in [0.1, 0.15) is 5.69 Å². The van der Waals surface area contributed by atoms with Crippen LogP contribution in [0.25, 0.3) is 0 Å². The van der Waals surface area contributed by atoms with Gasteiger partial charge in [0.15, 0.2) is 0 Å². The Morgan fingerprint density at radius 2 is 1.74 bits per heavy atom. The zero-order valence-electron chi connectivity index (χ0n) is 15.0. The highest BCUT2D eigenvalue weighted by Crippen LogP contribution is 2.32. The molecule has 8 nitrogen and oxygen atoms in total. The van der Waals surface area contributed by atoms with Crippen LogP contribution in [-0.2, 0) is 10.0 Å². The first kappa shape index (κ1) is 19.1. The summed E-state index contributed by atoms with van der Waals surface area (Å²) in [5.74, 6) is 0. The Kier molecular flexibility index (Phi) is 5.62. The van der Waals surface area contributed by atoms with E-state index in [9.17, 15) is 18.5 Å². The van der Waals surface area contributed by atoms with Crippen LogP contribution in [-0.4, -0.2) is 51.0 Å². The quantitative estimate of drug-likeness (QED) is 0.601. The van der Waals surface area contributed by atoms with Gasteiger partial charge in [0.05, 0.1) is 9.82 Å². The first-order valence-corrected chi connectivity index (χ1v) is 10.2. The SMILES string of the molecule is CCN1CCN(c2ccc(S(=O)(=O)Nc3ccccc3)cc2[N+](=O)[O-])CC1. The third kappa shape index (κ3) is 4.37. The summed E-state index contributed by atoms with van der Waals surface area (Å²) in [4.78, 5) is 15.1. The van der Waals surface area contributed by atoms with E-state index in [0.717, 1.165) is 25.7 Å². The van der Waals surface area contributed by atoms with Crippen molar-refractivity contribution in [2.24, 2.45) is 0 Å². The Labute approximate surface area is 158 Å². The summed E-state index contributed by atoms with van der Waals surface area (Å²) in [6.07, 6.45) is 0. The number of piperazine rings is 1. The number of nitro groups is 1. The average Bonchev–Trinajstić information content (AvgIpc) is 2.68. The lowest BCUT2D eigenvalue weighted by atomic mass is 10.2. The Morgan fingerprint density at radius 1 is 1.07 bits per heavy atom. The van der Waals surface area contributed by atoms with Gasteiger partial charge in [0, 0.05) is 37.9 Å². The van der Waals surface area contributed by atoms with E-state index in [1.54, 1.807) is 30.3 Å². The minimum Gasteiger partial charge on any atom is -0.363 e. The molecule has 2 aromatic rings. The van der Waals surface area contributed by atoms with Gasteiger partial charge in [-0.2, -0.15) is 0 Å². The van der Waals surface area contributed by atoms with Crippen molar-refractivity contribution in [2.75, 3.05) is 42.3 Å². The molecule has 0 spiro atoms. The molecule has 144 valence electrons. The molecule has 0 saturated carbocycles. The summed E-state index contributed by atoms with van der Waals surface area (Å²) < 4.78 is 27.6. The van der Waals surface area contributed by atoms with Crippen LogP contribution in [0, 0.1) is 10.1 Å². The monoisotopic (exact) mass is 390 g/mol. The summed E-state index contributed by atoms with van der Waals surface area (Å²) >= 11 is 0. The smallest absolute Gasteiger partial charge is 0.293 e. The van der Waals surface area contributed by atoms with Crippen molar-refractivity contribution in [3.8, 4) is 0 Å². The van der Waals surface area contributed by atoms with Crippen LogP contribution in [0.1, 0.15) is 6.92 Å². The molecule has 0 aromatic heterocycles. The van der Waals surface area contributed by atoms with Crippen LogP contribution in [0.5, 0.6) is 0 Å². The number of para-hydroxylation sites is 1. The van der Waals surface area contributed by atoms with E-state index in [2.05, 4.69) is 16.5 Å². The van der Waals surface area contributed by atoms with Crippen molar-refractivity contribution in [2.45, 2.75) is 11.8 Å². The summed E-state index contributed by atoms with van der Waals surface area (Å²) in [6.45, 7) is 6.01. The standard InChI is InChI=1S/C18H22N4O4S/c1-2-20-10-12-21(13-11-20)17-9-8-16(14-18(17)22(23)24)27(25,26)19-15-6-4-3-5-7-15/h3-9,14,19H,2,10-13H2,1H3. The van der Waals surface area contributed by atoms with Crippen LogP contribution in [0.4, 0.5) is 17.1 Å². The third-order valence-corrected chi connectivity index (χ3v) is 6.02. The second-order valence-corrected chi connectivity index (χ2v) is 7.98. The molecule has 0 bridgehead atoms. The fourth-order valence-electron chi connectivity index (χ4n) is 3.11. The fourth-order valence-corrected chi connectivity index (χ4v) is 4.19. The van der Waals surface area contributed by atoms with E-state index in [-0.39, 0.29) is 10.6 Å². The zero-order chi connectivity index (χ0) is 19.4. The lowest BCUT2D eigenvalue weighted by Gasteiger charge is -2.35. The van der Waals surface area contributed by atoms with Gasteiger partial charge in [0.25, 0.3) is 15.7 Å². The first-order chi connectivity index (χ1) is 12.9.